The molecule has 3 heterocycles. The summed E-state index contributed by atoms with van der Waals surface area (Å²) < 4.78 is 7.25. The number of nitrogens with zero attached hydrogens (tertiary/aromatic N) is 3. The van der Waals surface area contributed by atoms with Crippen molar-refractivity contribution in [2.75, 3.05) is 24.6 Å². The Morgan fingerprint density at radius 1 is 1.50 bits per heavy atom. The molecule has 1 aliphatic heterocycles. The molecule has 6 nitrogen and oxygen atoms in total. The third kappa shape index (κ3) is 3.88. The monoisotopic (exact) mass is 348 g/mol. The number of ether oxygens (including phenoxy) is 1. The number of carbonyl (C=O) groups is 1. The highest BCUT2D eigenvalue weighted by atomic mass is 35.5. The summed E-state index contributed by atoms with van der Waals surface area (Å²) in [5, 5.41) is 3.43. The van der Waals surface area contributed by atoms with Gasteiger partial charge in [0, 0.05) is 39.1 Å². The van der Waals surface area contributed by atoms with Crippen molar-refractivity contribution in [3.63, 3.8) is 0 Å². The molecular weight excluding hydrogens is 328 g/mol. The lowest BCUT2D eigenvalue weighted by Crippen LogP contribution is -2.41. The molecule has 1 fully saturated rings. The first-order chi connectivity index (χ1) is 11.5. The van der Waals surface area contributed by atoms with Gasteiger partial charge in [-0.05, 0) is 24.6 Å². The molecular formula is C17H21ClN4O2. The van der Waals surface area contributed by atoms with Gasteiger partial charge in [0.15, 0.2) is 0 Å². The van der Waals surface area contributed by atoms with Crippen LogP contribution in [0, 0.1) is 0 Å². The van der Waals surface area contributed by atoms with Crippen molar-refractivity contribution in [1.29, 1.82) is 0 Å². The fraction of sp³-hybridized carbons (Fsp3) is 0.412. The number of aryl methyl sites for hydroxylation is 1. The Kier molecular flexibility index (Phi) is 5.06. The fourth-order valence-corrected chi connectivity index (χ4v) is 3.01. The highest BCUT2D eigenvalue weighted by Crippen LogP contribution is 2.16. The predicted octanol–water partition coefficient (Wildman–Crippen LogP) is 2.23. The number of amides is 1. The Morgan fingerprint density at radius 3 is 2.96 bits per heavy atom. The van der Waals surface area contributed by atoms with Crippen LogP contribution < -0.4 is 10.2 Å². The zero-order valence-corrected chi connectivity index (χ0v) is 14.6. The Balaban J connectivity index is 1.58. The molecule has 0 aromatic carbocycles. The zero-order valence-electron chi connectivity index (χ0n) is 13.8. The minimum absolute atomic E-state index is 0.157. The van der Waals surface area contributed by atoms with Gasteiger partial charge in [0.25, 0.3) is 5.91 Å². The van der Waals surface area contributed by atoms with E-state index in [1.165, 1.54) is 0 Å². The third-order valence-corrected chi connectivity index (χ3v) is 4.24. The quantitative estimate of drug-likeness (QED) is 0.920. The maximum absolute atomic E-state index is 12.2. The van der Waals surface area contributed by atoms with E-state index in [4.69, 9.17) is 16.3 Å². The van der Waals surface area contributed by atoms with Crippen LogP contribution in [0.4, 0.5) is 5.82 Å². The second-order valence-electron chi connectivity index (χ2n) is 5.99. The number of pyridine rings is 1. The molecule has 1 saturated heterocycles. The molecule has 1 amide bonds. The number of rotatable bonds is 4. The summed E-state index contributed by atoms with van der Waals surface area (Å²) in [7, 11) is 1.79. The van der Waals surface area contributed by atoms with Gasteiger partial charge in [0.1, 0.15) is 11.5 Å². The first kappa shape index (κ1) is 16.8. The normalized spacial score (nSPS) is 17.8. The van der Waals surface area contributed by atoms with E-state index in [9.17, 15) is 4.79 Å². The lowest BCUT2D eigenvalue weighted by atomic mass is 10.2. The maximum Gasteiger partial charge on any atom is 0.268 e. The van der Waals surface area contributed by atoms with Crippen LogP contribution in [0.15, 0.2) is 30.6 Å². The molecule has 128 valence electrons. The molecule has 0 spiro atoms. The SMILES string of the molecule is CC1CN(c2ccc(CNC(=O)c3cc(Cl)cn3C)cn2)CCO1. The molecule has 0 radical (unpaired) electrons. The average Bonchev–Trinajstić information content (AvgIpc) is 2.91. The summed E-state index contributed by atoms with van der Waals surface area (Å²) in [6, 6.07) is 5.62. The number of hydrogen-bond acceptors (Lipinski definition) is 4. The van der Waals surface area contributed by atoms with E-state index in [1.807, 2.05) is 12.1 Å². The number of anilines is 1. The summed E-state index contributed by atoms with van der Waals surface area (Å²) in [6.45, 7) is 4.90. The summed E-state index contributed by atoms with van der Waals surface area (Å²) in [6.07, 6.45) is 3.72. The van der Waals surface area contributed by atoms with Crippen molar-refractivity contribution < 1.29 is 9.53 Å². The van der Waals surface area contributed by atoms with E-state index in [2.05, 4.69) is 22.1 Å². The van der Waals surface area contributed by atoms with Gasteiger partial charge in [0.05, 0.1) is 17.7 Å². The second-order valence-corrected chi connectivity index (χ2v) is 6.43. The number of aromatic nitrogens is 2. The molecule has 7 heteroatoms. The predicted molar refractivity (Wildman–Crippen MR) is 93.5 cm³/mol. The Bertz CT molecular complexity index is 714. The number of carbonyl (C=O) groups excluding carboxylic acids is 1. The van der Waals surface area contributed by atoms with Gasteiger partial charge in [0.2, 0.25) is 0 Å². The van der Waals surface area contributed by atoms with E-state index in [0.717, 1.165) is 31.1 Å². The van der Waals surface area contributed by atoms with Gasteiger partial charge >= 0.3 is 0 Å². The number of nitrogens with one attached hydrogen (secondary N) is 1. The molecule has 0 aliphatic carbocycles. The van der Waals surface area contributed by atoms with Crippen LogP contribution in [0.5, 0.6) is 0 Å². The van der Waals surface area contributed by atoms with E-state index >= 15 is 0 Å². The molecule has 2 aromatic rings. The molecule has 0 saturated carbocycles. The smallest absolute Gasteiger partial charge is 0.268 e. The summed E-state index contributed by atoms with van der Waals surface area (Å²) >= 11 is 5.90. The van der Waals surface area contributed by atoms with Crippen molar-refractivity contribution in [2.45, 2.75) is 19.6 Å². The molecule has 24 heavy (non-hydrogen) atoms. The fourth-order valence-electron chi connectivity index (χ4n) is 2.76. The van der Waals surface area contributed by atoms with Gasteiger partial charge in [-0.15, -0.1) is 0 Å². The minimum atomic E-state index is -0.157. The van der Waals surface area contributed by atoms with Crippen molar-refractivity contribution in [1.82, 2.24) is 14.9 Å². The highest BCUT2D eigenvalue weighted by Gasteiger charge is 2.17. The average molecular weight is 349 g/mol. The van der Waals surface area contributed by atoms with Crippen LogP contribution >= 0.6 is 11.6 Å². The molecule has 1 atom stereocenters. The Morgan fingerprint density at radius 2 is 2.33 bits per heavy atom. The zero-order chi connectivity index (χ0) is 17.1. The van der Waals surface area contributed by atoms with E-state index in [-0.39, 0.29) is 12.0 Å². The molecule has 1 unspecified atom stereocenters. The van der Waals surface area contributed by atoms with Crippen LogP contribution in [0.2, 0.25) is 5.02 Å². The number of morpholine rings is 1. The van der Waals surface area contributed by atoms with Gasteiger partial charge < -0.3 is 19.5 Å². The van der Waals surface area contributed by atoms with E-state index in [0.29, 0.717) is 17.3 Å². The lowest BCUT2D eigenvalue weighted by molar-refractivity contribution is 0.0529. The summed E-state index contributed by atoms with van der Waals surface area (Å²) in [5.74, 6) is 0.782. The highest BCUT2D eigenvalue weighted by molar-refractivity contribution is 6.31. The van der Waals surface area contributed by atoms with Gasteiger partial charge in [-0.1, -0.05) is 17.7 Å². The second kappa shape index (κ2) is 7.23. The third-order valence-electron chi connectivity index (χ3n) is 4.03. The van der Waals surface area contributed by atoms with Gasteiger partial charge in [-0.25, -0.2) is 4.98 Å². The van der Waals surface area contributed by atoms with Crippen LogP contribution in [0.3, 0.4) is 0 Å². The standard InChI is InChI=1S/C17H21ClN4O2/c1-12-10-22(5-6-24-12)16-4-3-13(8-19-16)9-20-17(23)15-7-14(18)11-21(15)2/h3-4,7-8,11-12H,5-6,9-10H2,1-2H3,(H,20,23). The molecule has 1 aliphatic rings. The van der Waals surface area contributed by atoms with Crippen molar-refractivity contribution >= 4 is 23.3 Å². The minimum Gasteiger partial charge on any atom is -0.375 e. The van der Waals surface area contributed by atoms with Crippen molar-refractivity contribution in [3.8, 4) is 0 Å². The van der Waals surface area contributed by atoms with Crippen LogP contribution in [0.1, 0.15) is 23.0 Å². The van der Waals surface area contributed by atoms with Gasteiger partial charge in [-0.2, -0.15) is 0 Å². The molecule has 2 aromatic heterocycles. The van der Waals surface area contributed by atoms with Crippen LogP contribution in [-0.4, -0.2) is 41.3 Å². The molecule has 0 bridgehead atoms. The first-order valence-electron chi connectivity index (χ1n) is 7.94. The van der Waals surface area contributed by atoms with Crippen molar-refractivity contribution in [2.24, 2.45) is 7.05 Å². The summed E-state index contributed by atoms with van der Waals surface area (Å²) in [4.78, 5) is 18.9. The lowest BCUT2D eigenvalue weighted by Gasteiger charge is -2.32. The topological polar surface area (TPSA) is 59.4 Å². The van der Waals surface area contributed by atoms with Gasteiger partial charge in [-0.3, -0.25) is 4.79 Å². The maximum atomic E-state index is 12.2. The van der Waals surface area contributed by atoms with E-state index in [1.54, 1.807) is 30.1 Å². The van der Waals surface area contributed by atoms with E-state index < -0.39 is 0 Å². The number of hydrogen-bond donors (Lipinski definition) is 1. The Labute approximate surface area is 146 Å². The molecule has 1 N–H and O–H groups in total. The molecule has 3 rings (SSSR count). The summed E-state index contributed by atoms with van der Waals surface area (Å²) in [5.41, 5.74) is 1.49. The first-order valence-corrected chi connectivity index (χ1v) is 8.32. The van der Waals surface area contributed by atoms with Crippen molar-refractivity contribution in [3.05, 3.63) is 46.9 Å². The Hall–Kier alpha value is -2.05. The number of halogens is 1. The van der Waals surface area contributed by atoms with Crippen LogP contribution in [0.25, 0.3) is 0 Å². The van der Waals surface area contributed by atoms with Crippen LogP contribution in [-0.2, 0) is 18.3 Å². The largest absolute Gasteiger partial charge is 0.375 e.